The summed E-state index contributed by atoms with van der Waals surface area (Å²) in [4.78, 5) is 22.0. The van der Waals surface area contributed by atoms with Crippen LogP contribution in [-0.4, -0.2) is 64.7 Å². The third-order valence-corrected chi connectivity index (χ3v) is 6.56. The van der Waals surface area contributed by atoms with E-state index >= 15 is 0 Å². The Bertz CT molecular complexity index is 1380. The van der Waals surface area contributed by atoms with E-state index in [1.165, 1.54) is 12.1 Å². The highest BCUT2D eigenvalue weighted by atomic mass is 19.1. The molecule has 0 radical (unpaired) electrons. The molecule has 1 fully saturated rings. The Morgan fingerprint density at radius 2 is 1.97 bits per heavy atom. The number of aromatic amines is 1. The van der Waals surface area contributed by atoms with Crippen molar-refractivity contribution in [1.82, 2.24) is 25.0 Å². The zero-order valence-corrected chi connectivity index (χ0v) is 20.7. The molecule has 0 saturated heterocycles. The minimum atomic E-state index is -0.310. The summed E-state index contributed by atoms with van der Waals surface area (Å²) in [6.45, 7) is 0.793. The molecule has 2 aromatic carbocycles. The first-order valence-corrected chi connectivity index (χ1v) is 12.2. The molecule has 1 amide bonds. The molecule has 0 spiro atoms. The third kappa shape index (κ3) is 5.09. The number of aromatic nitrogens is 3. The number of H-pyrrole nitrogens is 1. The highest BCUT2D eigenvalue weighted by Crippen LogP contribution is 2.37. The van der Waals surface area contributed by atoms with Gasteiger partial charge in [0, 0.05) is 41.5 Å². The van der Waals surface area contributed by atoms with Gasteiger partial charge < -0.3 is 14.5 Å². The van der Waals surface area contributed by atoms with E-state index in [0.29, 0.717) is 11.3 Å². The van der Waals surface area contributed by atoms with Gasteiger partial charge in [0.1, 0.15) is 11.6 Å². The quantitative estimate of drug-likeness (QED) is 0.357. The number of carbonyl (C=O) groups excluding carboxylic acids is 1. The van der Waals surface area contributed by atoms with Crippen LogP contribution in [0.5, 0.6) is 5.75 Å². The highest BCUT2D eigenvalue weighted by Gasteiger charge is 2.28. The number of nitrogens with zero attached hydrogens (tertiary/aromatic N) is 4. The molecule has 1 N–H and O–H groups in total. The Morgan fingerprint density at radius 3 is 2.72 bits per heavy atom. The highest BCUT2D eigenvalue weighted by molar-refractivity contribution is 5.96. The number of pyridine rings is 1. The van der Waals surface area contributed by atoms with E-state index in [-0.39, 0.29) is 23.9 Å². The maximum atomic E-state index is 13.9. The average Bonchev–Trinajstić information content (AvgIpc) is 3.55. The van der Waals surface area contributed by atoms with Gasteiger partial charge in [-0.05, 0) is 75.8 Å². The van der Waals surface area contributed by atoms with Gasteiger partial charge in [0.2, 0.25) is 0 Å². The predicted octanol–water partition coefficient (Wildman–Crippen LogP) is 5.07. The molecular formula is C28H30FN5O2. The number of fused-ring (bicyclic) bond motifs is 1. The van der Waals surface area contributed by atoms with Crippen molar-refractivity contribution in [3.8, 4) is 16.9 Å². The van der Waals surface area contributed by atoms with E-state index < -0.39 is 0 Å². The summed E-state index contributed by atoms with van der Waals surface area (Å²) in [6, 6.07) is 11.6. The molecule has 7 nitrogen and oxygen atoms in total. The summed E-state index contributed by atoms with van der Waals surface area (Å²) in [6.07, 6.45) is 8.13. The van der Waals surface area contributed by atoms with Crippen molar-refractivity contribution in [3.63, 3.8) is 0 Å². The third-order valence-electron chi connectivity index (χ3n) is 6.56. The van der Waals surface area contributed by atoms with Gasteiger partial charge in [-0.1, -0.05) is 12.1 Å². The number of nitrogens with one attached hydrogen (secondary N) is 1. The van der Waals surface area contributed by atoms with Gasteiger partial charge in [-0.15, -0.1) is 0 Å². The molecule has 2 aromatic heterocycles. The Hall–Kier alpha value is -3.78. The summed E-state index contributed by atoms with van der Waals surface area (Å²) in [5.41, 5.74) is 3.82. The van der Waals surface area contributed by atoms with E-state index in [1.54, 1.807) is 41.7 Å². The Morgan fingerprint density at radius 1 is 1.14 bits per heavy atom. The molecule has 1 atom stereocenters. The standard InChI is InChI=1S/C28H30FN5O2/c1-33(2)12-11-25(24-17-30-15-20-16-31-32-27(20)24)34(3)28(35)19-7-10-23(18-5-4-6-21(29)13-18)26(14-19)36-22-8-9-22/h4-7,10,13-17,22,25H,8-9,11-12H2,1-3H3,(H,31,32)/t25-/m1/s1. The molecule has 1 aliphatic carbocycles. The van der Waals surface area contributed by atoms with Crippen molar-refractivity contribution in [1.29, 1.82) is 0 Å². The smallest absolute Gasteiger partial charge is 0.254 e. The normalized spacial score (nSPS) is 14.2. The topological polar surface area (TPSA) is 74.4 Å². The van der Waals surface area contributed by atoms with Crippen LogP contribution < -0.4 is 4.74 Å². The largest absolute Gasteiger partial charge is 0.490 e. The Kier molecular flexibility index (Phi) is 6.69. The van der Waals surface area contributed by atoms with Gasteiger partial charge in [-0.3, -0.25) is 14.9 Å². The molecule has 5 rings (SSSR count). The maximum absolute atomic E-state index is 13.9. The molecule has 4 aromatic rings. The number of halogens is 1. The van der Waals surface area contributed by atoms with E-state index in [9.17, 15) is 9.18 Å². The fraction of sp³-hybridized carbons (Fsp3) is 0.321. The minimum Gasteiger partial charge on any atom is -0.490 e. The van der Waals surface area contributed by atoms with E-state index in [0.717, 1.165) is 53.4 Å². The van der Waals surface area contributed by atoms with Crippen LogP contribution in [0.15, 0.2) is 61.1 Å². The average molecular weight is 488 g/mol. The van der Waals surface area contributed by atoms with Crippen molar-refractivity contribution in [2.75, 3.05) is 27.7 Å². The fourth-order valence-electron chi connectivity index (χ4n) is 4.44. The number of rotatable bonds is 9. The second kappa shape index (κ2) is 10.1. The predicted molar refractivity (Wildman–Crippen MR) is 137 cm³/mol. The number of carbonyl (C=O) groups is 1. The van der Waals surface area contributed by atoms with Gasteiger partial charge >= 0.3 is 0 Å². The van der Waals surface area contributed by atoms with Gasteiger partial charge in [-0.25, -0.2) is 4.39 Å². The molecule has 8 heteroatoms. The minimum absolute atomic E-state index is 0.123. The Labute approximate surface area is 209 Å². The van der Waals surface area contributed by atoms with Crippen LogP contribution in [-0.2, 0) is 0 Å². The molecule has 0 bridgehead atoms. The monoisotopic (exact) mass is 487 g/mol. The van der Waals surface area contributed by atoms with Gasteiger partial charge in [0.15, 0.2) is 0 Å². The lowest BCUT2D eigenvalue weighted by molar-refractivity contribution is 0.0716. The van der Waals surface area contributed by atoms with Gasteiger partial charge in [-0.2, -0.15) is 5.10 Å². The SMILES string of the molecule is CN(C)CC[C@H](c1cncc2cn[nH]c12)N(C)C(=O)c1ccc(-c2cccc(F)c2)c(OC2CC2)c1. The first kappa shape index (κ1) is 23.9. The van der Waals surface area contributed by atoms with Crippen LogP contribution in [0.1, 0.15) is 41.2 Å². The molecular weight excluding hydrogens is 457 g/mol. The summed E-state index contributed by atoms with van der Waals surface area (Å²) in [7, 11) is 5.85. The van der Waals surface area contributed by atoms with Crippen molar-refractivity contribution in [3.05, 3.63) is 78.0 Å². The molecule has 0 aliphatic heterocycles. The van der Waals surface area contributed by atoms with Crippen LogP contribution in [0.3, 0.4) is 0 Å². The van der Waals surface area contributed by atoms with Crippen LogP contribution in [0, 0.1) is 5.82 Å². The van der Waals surface area contributed by atoms with Crippen LogP contribution in [0.2, 0.25) is 0 Å². The van der Waals surface area contributed by atoms with Crippen molar-refractivity contribution in [2.24, 2.45) is 0 Å². The number of ether oxygens (including phenoxy) is 1. The summed E-state index contributed by atoms with van der Waals surface area (Å²) < 4.78 is 20.1. The van der Waals surface area contributed by atoms with Gasteiger partial charge in [0.05, 0.1) is 23.9 Å². The van der Waals surface area contributed by atoms with E-state index in [1.807, 2.05) is 33.3 Å². The van der Waals surface area contributed by atoms with Crippen LogP contribution in [0.25, 0.3) is 22.0 Å². The number of amides is 1. The lowest BCUT2D eigenvalue weighted by atomic mass is 9.99. The van der Waals surface area contributed by atoms with Gasteiger partial charge in [0.25, 0.3) is 5.91 Å². The number of hydrogen-bond acceptors (Lipinski definition) is 5. The Balaban J connectivity index is 1.49. The lowest BCUT2D eigenvalue weighted by Gasteiger charge is -2.30. The summed E-state index contributed by atoms with van der Waals surface area (Å²) in [5, 5.41) is 8.14. The number of hydrogen-bond donors (Lipinski definition) is 1. The molecule has 36 heavy (non-hydrogen) atoms. The van der Waals surface area contributed by atoms with E-state index in [2.05, 4.69) is 20.1 Å². The van der Waals surface area contributed by atoms with Crippen molar-refractivity contribution >= 4 is 16.8 Å². The zero-order valence-electron chi connectivity index (χ0n) is 20.7. The van der Waals surface area contributed by atoms with E-state index in [4.69, 9.17) is 4.74 Å². The molecule has 0 unspecified atom stereocenters. The summed E-state index contributed by atoms with van der Waals surface area (Å²) >= 11 is 0. The van der Waals surface area contributed by atoms with Crippen LogP contribution >= 0.6 is 0 Å². The molecule has 2 heterocycles. The molecule has 1 saturated carbocycles. The van der Waals surface area contributed by atoms with Crippen molar-refractivity contribution in [2.45, 2.75) is 31.4 Å². The second-order valence-corrected chi connectivity index (χ2v) is 9.63. The first-order valence-electron chi connectivity index (χ1n) is 12.2. The van der Waals surface area contributed by atoms with Crippen molar-refractivity contribution < 1.29 is 13.9 Å². The maximum Gasteiger partial charge on any atom is 0.254 e. The first-order chi connectivity index (χ1) is 17.4. The summed E-state index contributed by atoms with van der Waals surface area (Å²) in [5.74, 6) is 0.168. The molecule has 186 valence electrons. The molecule has 1 aliphatic rings. The fourth-order valence-corrected chi connectivity index (χ4v) is 4.44. The van der Waals surface area contributed by atoms with Crippen LogP contribution in [0.4, 0.5) is 4.39 Å². The lowest BCUT2D eigenvalue weighted by Crippen LogP contribution is -2.33. The number of benzene rings is 2. The zero-order chi connectivity index (χ0) is 25.2. The second-order valence-electron chi connectivity index (χ2n) is 9.63.